The predicted octanol–water partition coefficient (Wildman–Crippen LogP) is 2.70. The molecule has 0 bridgehead atoms. The van der Waals surface area contributed by atoms with Crippen molar-refractivity contribution in [3.05, 3.63) is 29.8 Å². The van der Waals surface area contributed by atoms with E-state index >= 15 is 0 Å². The van der Waals surface area contributed by atoms with Crippen LogP contribution in [0.25, 0.3) is 0 Å². The molecule has 1 saturated carbocycles. The molecule has 0 amide bonds. The van der Waals surface area contributed by atoms with Crippen molar-refractivity contribution in [2.24, 2.45) is 0 Å². The molecule has 0 spiro atoms. The van der Waals surface area contributed by atoms with Gasteiger partial charge in [-0.2, -0.15) is 0 Å². The largest absolute Gasteiger partial charge is 0.490 e. The normalized spacial score (nSPS) is 16.8. The summed E-state index contributed by atoms with van der Waals surface area (Å²) in [6.07, 6.45) is 3.33. The summed E-state index contributed by atoms with van der Waals surface area (Å²) in [5.74, 6) is -1.50. The highest BCUT2D eigenvalue weighted by molar-refractivity contribution is 5.23. The topological polar surface area (TPSA) is 9.23 Å². The van der Waals surface area contributed by atoms with Crippen LogP contribution >= 0.6 is 0 Å². The summed E-state index contributed by atoms with van der Waals surface area (Å²) in [7, 11) is 0. The molecule has 0 atom stereocenters. The fourth-order valence-corrected chi connectivity index (χ4v) is 1.18. The van der Waals surface area contributed by atoms with Crippen LogP contribution in [0.2, 0.25) is 0 Å². The maximum absolute atomic E-state index is 12.7. The third-order valence-corrected chi connectivity index (χ3v) is 2.17. The first-order valence-electron chi connectivity index (χ1n) is 4.29. The van der Waals surface area contributed by atoms with E-state index in [9.17, 15) is 8.78 Å². The lowest BCUT2D eigenvalue weighted by Gasteiger charge is -2.26. The van der Waals surface area contributed by atoms with Crippen LogP contribution in [0.3, 0.4) is 0 Å². The standard InChI is InChI=1S/C10H9F2O/c11-9-5-4-8(6-10(9)12)13-7-2-1-3-7/h4,6-7H,1-3H2. The molecule has 2 rings (SSSR count). The number of halogens is 2. The van der Waals surface area contributed by atoms with Crippen LogP contribution in [-0.2, 0) is 0 Å². The lowest BCUT2D eigenvalue weighted by atomic mass is 9.96. The van der Waals surface area contributed by atoms with Gasteiger partial charge in [0.2, 0.25) is 0 Å². The van der Waals surface area contributed by atoms with E-state index in [1.165, 1.54) is 6.07 Å². The van der Waals surface area contributed by atoms with Gasteiger partial charge in [0.25, 0.3) is 0 Å². The summed E-state index contributed by atoms with van der Waals surface area (Å²) in [5, 5.41) is 0. The molecule has 1 aliphatic rings. The zero-order valence-electron chi connectivity index (χ0n) is 7.02. The Labute approximate surface area is 75.3 Å². The van der Waals surface area contributed by atoms with Gasteiger partial charge in [-0.1, -0.05) is 0 Å². The average molecular weight is 183 g/mol. The summed E-state index contributed by atoms with van der Waals surface area (Å²) >= 11 is 0. The summed E-state index contributed by atoms with van der Waals surface area (Å²) in [6.45, 7) is 0. The first kappa shape index (κ1) is 8.48. The molecule has 0 N–H and O–H groups in total. The van der Waals surface area contributed by atoms with Crippen molar-refractivity contribution >= 4 is 0 Å². The van der Waals surface area contributed by atoms with Crippen molar-refractivity contribution in [2.45, 2.75) is 25.4 Å². The molecule has 0 aromatic heterocycles. The van der Waals surface area contributed by atoms with E-state index in [2.05, 4.69) is 6.07 Å². The molecule has 3 heteroatoms. The fourth-order valence-electron chi connectivity index (χ4n) is 1.18. The van der Waals surface area contributed by atoms with Crippen LogP contribution in [0.1, 0.15) is 19.3 Å². The van der Waals surface area contributed by atoms with E-state index < -0.39 is 11.6 Å². The molecule has 1 nitrogen and oxygen atoms in total. The molecular weight excluding hydrogens is 174 g/mol. The van der Waals surface area contributed by atoms with Gasteiger partial charge < -0.3 is 4.74 Å². The highest BCUT2D eigenvalue weighted by Gasteiger charge is 2.19. The van der Waals surface area contributed by atoms with Crippen LogP contribution in [0.5, 0.6) is 5.75 Å². The van der Waals surface area contributed by atoms with Gasteiger partial charge in [-0.05, 0) is 25.3 Å². The van der Waals surface area contributed by atoms with Crippen LogP contribution < -0.4 is 4.74 Å². The van der Waals surface area contributed by atoms with Crippen molar-refractivity contribution in [3.63, 3.8) is 0 Å². The maximum Gasteiger partial charge on any atom is 0.167 e. The fraction of sp³-hybridized carbons (Fsp3) is 0.400. The highest BCUT2D eigenvalue weighted by Crippen LogP contribution is 2.25. The molecule has 69 valence electrons. The van der Waals surface area contributed by atoms with Gasteiger partial charge in [0.05, 0.1) is 6.10 Å². The molecule has 1 aliphatic carbocycles. The second kappa shape index (κ2) is 3.32. The van der Waals surface area contributed by atoms with E-state index in [0.29, 0.717) is 5.75 Å². The highest BCUT2D eigenvalue weighted by atomic mass is 19.2. The van der Waals surface area contributed by atoms with Crippen molar-refractivity contribution in [3.8, 4) is 5.75 Å². The quantitative estimate of drug-likeness (QED) is 0.685. The third kappa shape index (κ3) is 1.79. The first-order valence-corrected chi connectivity index (χ1v) is 4.29. The summed E-state index contributed by atoms with van der Waals surface area (Å²) in [6, 6.07) is 4.54. The average Bonchev–Trinajstić information content (AvgIpc) is 2.04. The Morgan fingerprint density at radius 3 is 2.69 bits per heavy atom. The van der Waals surface area contributed by atoms with Crippen LogP contribution in [0, 0.1) is 17.7 Å². The molecular formula is C10H9F2O. The third-order valence-electron chi connectivity index (χ3n) is 2.17. The Morgan fingerprint density at radius 1 is 1.38 bits per heavy atom. The van der Waals surface area contributed by atoms with Crippen molar-refractivity contribution < 1.29 is 13.5 Å². The molecule has 1 aromatic rings. The van der Waals surface area contributed by atoms with Crippen molar-refractivity contribution in [2.75, 3.05) is 0 Å². The predicted molar refractivity (Wildman–Crippen MR) is 43.5 cm³/mol. The summed E-state index contributed by atoms with van der Waals surface area (Å²) in [4.78, 5) is 0. The molecule has 1 fully saturated rings. The van der Waals surface area contributed by atoms with E-state index in [1.807, 2.05) is 0 Å². The van der Waals surface area contributed by atoms with E-state index in [0.717, 1.165) is 25.3 Å². The van der Waals surface area contributed by atoms with Crippen LogP contribution in [-0.4, -0.2) is 6.10 Å². The van der Waals surface area contributed by atoms with Gasteiger partial charge in [0.1, 0.15) is 5.75 Å². The maximum atomic E-state index is 12.7. The molecule has 0 saturated heterocycles. The monoisotopic (exact) mass is 183 g/mol. The molecule has 0 aliphatic heterocycles. The van der Waals surface area contributed by atoms with Crippen LogP contribution in [0.4, 0.5) is 8.78 Å². The minimum absolute atomic E-state index is 0.179. The number of rotatable bonds is 2. The number of ether oxygens (including phenoxy) is 1. The minimum atomic E-state index is -0.957. The second-order valence-corrected chi connectivity index (χ2v) is 3.17. The molecule has 0 unspecified atom stereocenters. The number of hydrogen-bond donors (Lipinski definition) is 0. The second-order valence-electron chi connectivity index (χ2n) is 3.17. The molecule has 0 heterocycles. The van der Waals surface area contributed by atoms with Gasteiger partial charge in [0, 0.05) is 12.1 Å². The Balaban J connectivity index is 2.07. The molecule has 1 aromatic carbocycles. The first-order chi connectivity index (χ1) is 6.25. The molecule has 1 radical (unpaired) electrons. The minimum Gasteiger partial charge on any atom is -0.490 e. The zero-order chi connectivity index (χ0) is 9.26. The Kier molecular flexibility index (Phi) is 2.17. The van der Waals surface area contributed by atoms with Gasteiger partial charge in [-0.3, -0.25) is 0 Å². The van der Waals surface area contributed by atoms with Gasteiger partial charge in [-0.15, -0.1) is 0 Å². The SMILES string of the molecule is Fc1[c]cc(OC2CCC2)cc1F. The van der Waals surface area contributed by atoms with Gasteiger partial charge in [0.15, 0.2) is 11.6 Å². The van der Waals surface area contributed by atoms with Crippen molar-refractivity contribution in [1.82, 2.24) is 0 Å². The zero-order valence-corrected chi connectivity index (χ0v) is 7.02. The van der Waals surface area contributed by atoms with Crippen LogP contribution in [0.15, 0.2) is 12.1 Å². The lowest BCUT2D eigenvalue weighted by Crippen LogP contribution is -2.24. The van der Waals surface area contributed by atoms with E-state index in [-0.39, 0.29) is 6.10 Å². The Hall–Kier alpha value is -1.12. The van der Waals surface area contributed by atoms with E-state index in [1.54, 1.807) is 0 Å². The van der Waals surface area contributed by atoms with Crippen molar-refractivity contribution in [1.29, 1.82) is 0 Å². The van der Waals surface area contributed by atoms with E-state index in [4.69, 9.17) is 4.74 Å². The van der Waals surface area contributed by atoms with Gasteiger partial charge in [-0.25, -0.2) is 8.78 Å². The number of benzene rings is 1. The summed E-state index contributed by atoms with van der Waals surface area (Å²) < 4.78 is 30.5. The smallest absolute Gasteiger partial charge is 0.167 e. The Bertz CT molecular complexity index is 308. The molecule has 13 heavy (non-hydrogen) atoms. The van der Waals surface area contributed by atoms with Gasteiger partial charge >= 0.3 is 0 Å². The Morgan fingerprint density at radius 2 is 2.15 bits per heavy atom. The lowest BCUT2D eigenvalue weighted by molar-refractivity contribution is 0.119. The summed E-state index contributed by atoms with van der Waals surface area (Å²) in [5.41, 5.74) is 0. The number of hydrogen-bond acceptors (Lipinski definition) is 1.